The third-order valence-corrected chi connectivity index (χ3v) is 7.68. The molecule has 0 saturated carbocycles. The van der Waals surface area contributed by atoms with Crippen molar-refractivity contribution in [2.24, 2.45) is 0 Å². The molecule has 39 heavy (non-hydrogen) atoms. The second kappa shape index (κ2) is 10.6. The van der Waals surface area contributed by atoms with Gasteiger partial charge in [-0.15, -0.1) is 0 Å². The lowest BCUT2D eigenvalue weighted by atomic mass is 10.1. The Kier molecular flexibility index (Phi) is 7.12. The van der Waals surface area contributed by atoms with Gasteiger partial charge < -0.3 is 40.1 Å². The van der Waals surface area contributed by atoms with E-state index in [1.807, 2.05) is 48.5 Å². The maximum atomic E-state index is 10.7. The molecule has 4 aromatic rings. The van der Waals surface area contributed by atoms with Crippen LogP contribution in [0.15, 0.2) is 48.5 Å². The fourth-order valence-electron chi connectivity index (χ4n) is 5.70. The van der Waals surface area contributed by atoms with Crippen LogP contribution in [-0.2, 0) is 22.3 Å². The molecule has 2 fully saturated rings. The highest BCUT2D eigenvalue weighted by Crippen LogP contribution is 2.35. The topological polar surface area (TPSA) is 175 Å². The first kappa shape index (κ1) is 26.3. The van der Waals surface area contributed by atoms with Gasteiger partial charge in [0.25, 0.3) is 0 Å². The number of imidazole rings is 2. The van der Waals surface area contributed by atoms with Crippen LogP contribution in [0.2, 0.25) is 0 Å². The molecule has 0 unspecified atom stereocenters. The Morgan fingerprint density at radius 2 is 1.03 bits per heavy atom. The summed E-state index contributed by atoms with van der Waals surface area (Å²) in [7, 11) is 0. The van der Waals surface area contributed by atoms with Crippen LogP contribution in [0.4, 0.5) is 0 Å². The van der Waals surface area contributed by atoms with Crippen LogP contribution in [0.3, 0.4) is 0 Å². The van der Waals surface area contributed by atoms with Gasteiger partial charge in [0.1, 0.15) is 48.3 Å². The molecule has 0 amide bonds. The number of fused-ring (bicyclic) bond motifs is 2. The van der Waals surface area contributed by atoms with Crippen molar-refractivity contribution in [3.05, 3.63) is 60.2 Å². The summed E-state index contributed by atoms with van der Waals surface area (Å²) in [6.45, 7) is -0.846. The summed E-state index contributed by atoms with van der Waals surface area (Å²) < 4.78 is 15.2. The van der Waals surface area contributed by atoms with Crippen LogP contribution in [0.5, 0.6) is 0 Å². The Labute approximate surface area is 223 Å². The Bertz CT molecular complexity index is 1350. The van der Waals surface area contributed by atoms with Crippen LogP contribution in [0, 0.1) is 0 Å². The van der Waals surface area contributed by atoms with Crippen LogP contribution in [-0.4, -0.2) is 99.6 Å². The highest BCUT2D eigenvalue weighted by molar-refractivity contribution is 5.77. The van der Waals surface area contributed by atoms with Crippen molar-refractivity contribution in [2.75, 3.05) is 13.2 Å². The molecule has 0 bridgehead atoms. The summed E-state index contributed by atoms with van der Waals surface area (Å²) in [5.74, 6) is 1.28. The molecular weight excluding hydrogens is 508 g/mol. The number of hydrogen-bond donors (Lipinski definition) is 6. The molecule has 2 aliphatic rings. The van der Waals surface area contributed by atoms with E-state index in [1.54, 1.807) is 9.13 Å². The first-order valence-corrected chi connectivity index (χ1v) is 13.1. The highest BCUT2D eigenvalue weighted by atomic mass is 16.6. The number of aromatic nitrogens is 4. The van der Waals surface area contributed by atoms with Gasteiger partial charge in [0.05, 0.1) is 35.3 Å². The SMILES string of the molecule is OC[C@@H]1O[C@H](n2c(CCCc3nc4ccccc4n3[C@@H]3O[C@H](CO)[C@@H](O)[C@H]3O)nc3ccccc32)[C@@H](O)[C@H]1O. The monoisotopic (exact) mass is 540 g/mol. The molecule has 0 radical (unpaired) electrons. The molecule has 12 nitrogen and oxygen atoms in total. The van der Waals surface area contributed by atoms with Gasteiger partial charge >= 0.3 is 0 Å². The minimum atomic E-state index is -1.24. The van der Waals surface area contributed by atoms with Crippen LogP contribution >= 0.6 is 0 Å². The number of benzene rings is 2. The Balaban J connectivity index is 1.29. The maximum absolute atomic E-state index is 10.7. The molecule has 2 saturated heterocycles. The van der Waals surface area contributed by atoms with Crippen LogP contribution in [0.1, 0.15) is 30.5 Å². The van der Waals surface area contributed by atoms with E-state index in [2.05, 4.69) is 0 Å². The van der Waals surface area contributed by atoms with Crippen molar-refractivity contribution < 1.29 is 40.1 Å². The summed E-state index contributed by atoms with van der Waals surface area (Å²) in [5.41, 5.74) is 2.90. The quantitative estimate of drug-likeness (QED) is 0.175. The molecule has 0 spiro atoms. The summed E-state index contributed by atoms with van der Waals surface area (Å²) in [6.07, 6.45) is -7.06. The first-order valence-electron chi connectivity index (χ1n) is 13.1. The predicted octanol–water partition coefficient (Wildman–Crippen LogP) is -0.216. The van der Waals surface area contributed by atoms with Crippen molar-refractivity contribution in [3.63, 3.8) is 0 Å². The van der Waals surface area contributed by atoms with Gasteiger partial charge in [-0.25, -0.2) is 9.97 Å². The van der Waals surface area contributed by atoms with Gasteiger partial charge in [0.15, 0.2) is 12.5 Å². The molecule has 2 aliphatic heterocycles. The third kappa shape index (κ3) is 4.42. The van der Waals surface area contributed by atoms with Crippen molar-refractivity contribution >= 4 is 22.1 Å². The molecular formula is C27H32N4O8. The van der Waals surface area contributed by atoms with Gasteiger partial charge in [-0.3, -0.25) is 9.13 Å². The molecule has 8 atom stereocenters. The van der Waals surface area contributed by atoms with E-state index in [0.717, 1.165) is 11.0 Å². The molecule has 4 heterocycles. The number of ether oxygens (including phenoxy) is 2. The van der Waals surface area contributed by atoms with Crippen molar-refractivity contribution in [1.82, 2.24) is 19.1 Å². The average Bonchev–Trinajstić information content (AvgIpc) is 3.66. The summed E-state index contributed by atoms with van der Waals surface area (Å²) in [6, 6.07) is 14.9. The number of nitrogens with zero attached hydrogens (tertiary/aromatic N) is 4. The van der Waals surface area contributed by atoms with E-state index < -0.39 is 62.3 Å². The van der Waals surface area contributed by atoms with Crippen LogP contribution < -0.4 is 0 Å². The normalized spacial score (nSPS) is 31.1. The number of rotatable bonds is 8. The standard InChI is InChI=1S/C27H32N4O8/c32-12-18-22(34)24(36)26(38-18)30-16-8-3-1-6-14(16)28-20(30)10-5-11-21-29-15-7-2-4-9-17(15)31(21)27-25(37)23(35)19(13-33)39-27/h1-4,6-9,18-19,22-27,32-37H,5,10-13H2/t18-,19+,22-,23+,24-,25+,26-,27+. The molecule has 6 N–H and O–H groups in total. The van der Waals surface area contributed by atoms with Crippen LogP contribution in [0.25, 0.3) is 22.1 Å². The second-order valence-corrected chi connectivity index (χ2v) is 10.1. The van der Waals surface area contributed by atoms with Gasteiger partial charge in [0.2, 0.25) is 0 Å². The highest BCUT2D eigenvalue weighted by Gasteiger charge is 2.45. The van der Waals surface area contributed by atoms with E-state index in [0.29, 0.717) is 41.9 Å². The Hall–Kier alpha value is -2.94. The summed E-state index contributed by atoms with van der Waals surface area (Å²) >= 11 is 0. The zero-order chi connectivity index (χ0) is 27.3. The molecule has 208 valence electrons. The zero-order valence-corrected chi connectivity index (χ0v) is 21.1. The molecule has 0 aliphatic carbocycles. The minimum Gasteiger partial charge on any atom is -0.394 e. The summed E-state index contributed by atoms with van der Waals surface area (Å²) in [4.78, 5) is 9.52. The van der Waals surface area contributed by atoms with Crippen molar-refractivity contribution in [1.29, 1.82) is 0 Å². The van der Waals surface area contributed by atoms with E-state index >= 15 is 0 Å². The minimum absolute atomic E-state index is 0.423. The fourth-order valence-corrected chi connectivity index (χ4v) is 5.70. The van der Waals surface area contributed by atoms with Gasteiger partial charge in [0, 0.05) is 12.8 Å². The molecule has 6 rings (SSSR count). The lowest BCUT2D eigenvalue weighted by Gasteiger charge is -2.21. The van der Waals surface area contributed by atoms with Gasteiger partial charge in [-0.05, 0) is 30.7 Å². The smallest absolute Gasteiger partial charge is 0.164 e. The van der Waals surface area contributed by atoms with E-state index in [-0.39, 0.29) is 0 Å². The van der Waals surface area contributed by atoms with E-state index in [4.69, 9.17) is 19.4 Å². The van der Waals surface area contributed by atoms with Gasteiger partial charge in [-0.2, -0.15) is 0 Å². The summed E-state index contributed by atoms with van der Waals surface area (Å²) in [5, 5.41) is 61.3. The lowest BCUT2D eigenvalue weighted by molar-refractivity contribution is -0.0524. The lowest BCUT2D eigenvalue weighted by Crippen LogP contribution is -2.33. The van der Waals surface area contributed by atoms with E-state index in [1.165, 1.54) is 0 Å². The number of aliphatic hydroxyl groups is 6. The number of aryl methyl sites for hydroxylation is 2. The Morgan fingerprint density at radius 1 is 0.615 bits per heavy atom. The van der Waals surface area contributed by atoms with Crippen molar-refractivity contribution in [3.8, 4) is 0 Å². The van der Waals surface area contributed by atoms with Gasteiger partial charge in [-0.1, -0.05) is 24.3 Å². The number of para-hydroxylation sites is 4. The molecule has 2 aromatic heterocycles. The molecule has 12 heteroatoms. The predicted molar refractivity (Wildman–Crippen MR) is 138 cm³/mol. The molecule has 2 aromatic carbocycles. The average molecular weight is 541 g/mol. The van der Waals surface area contributed by atoms with Crippen molar-refractivity contribution in [2.45, 2.75) is 68.3 Å². The third-order valence-electron chi connectivity index (χ3n) is 7.68. The van der Waals surface area contributed by atoms with E-state index in [9.17, 15) is 30.6 Å². The largest absolute Gasteiger partial charge is 0.394 e. The number of aliphatic hydroxyl groups excluding tert-OH is 6. The number of hydrogen-bond acceptors (Lipinski definition) is 10. The second-order valence-electron chi connectivity index (χ2n) is 10.1. The first-order chi connectivity index (χ1) is 18.9. The maximum Gasteiger partial charge on any atom is 0.164 e. The zero-order valence-electron chi connectivity index (χ0n) is 21.1. The Morgan fingerprint density at radius 3 is 1.41 bits per heavy atom. The fraction of sp³-hybridized carbons (Fsp3) is 0.481.